The molecular formula is C14H21Cl2NO. The molecule has 0 fully saturated rings. The smallest absolute Gasteiger partial charge is 0.0624 e. The summed E-state index contributed by atoms with van der Waals surface area (Å²) in [5.41, 5.74) is 1.10. The minimum atomic E-state index is 0.418. The number of benzene rings is 1. The normalized spacial score (nSPS) is 12.7. The highest BCUT2D eigenvalue weighted by Crippen LogP contribution is 2.26. The van der Waals surface area contributed by atoms with Gasteiger partial charge in [0.2, 0.25) is 0 Å². The van der Waals surface area contributed by atoms with Crippen LogP contribution in [0.25, 0.3) is 0 Å². The molecule has 0 spiro atoms. The molecule has 0 amide bonds. The molecule has 0 bridgehead atoms. The number of rotatable bonds is 8. The average molecular weight is 290 g/mol. The van der Waals surface area contributed by atoms with Crippen LogP contribution in [0.2, 0.25) is 10.0 Å². The van der Waals surface area contributed by atoms with Gasteiger partial charge in [0.25, 0.3) is 0 Å². The van der Waals surface area contributed by atoms with Crippen molar-refractivity contribution in [1.29, 1.82) is 0 Å². The van der Waals surface area contributed by atoms with E-state index in [4.69, 9.17) is 27.9 Å². The molecule has 0 aromatic heterocycles. The van der Waals surface area contributed by atoms with Crippen LogP contribution in [0.1, 0.15) is 25.3 Å². The van der Waals surface area contributed by atoms with Gasteiger partial charge in [0.05, 0.1) is 10.0 Å². The molecule has 1 aromatic rings. The average Bonchev–Trinajstić information content (AvgIpc) is 2.35. The molecule has 4 heteroatoms. The van der Waals surface area contributed by atoms with E-state index in [1.54, 1.807) is 7.11 Å². The van der Waals surface area contributed by atoms with Crippen molar-refractivity contribution in [2.24, 2.45) is 0 Å². The van der Waals surface area contributed by atoms with E-state index in [1.807, 2.05) is 18.2 Å². The molecule has 1 atom stereocenters. The Morgan fingerprint density at radius 3 is 2.78 bits per heavy atom. The Kier molecular flexibility index (Phi) is 7.68. The standard InChI is InChI=1S/C14H21Cl2NO/c1-3-17-12(7-5-9-18-2)10-11-6-4-8-13(15)14(11)16/h4,6,8,12,17H,3,5,7,9-10H2,1-2H3. The maximum absolute atomic E-state index is 6.21. The first-order valence-electron chi connectivity index (χ1n) is 6.34. The van der Waals surface area contributed by atoms with Crippen LogP contribution in [0.5, 0.6) is 0 Å². The molecular weight excluding hydrogens is 269 g/mol. The summed E-state index contributed by atoms with van der Waals surface area (Å²) in [4.78, 5) is 0. The van der Waals surface area contributed by atoms with Crippen molar-refractivity contribution in [2.45, 2.75) is 32.2 Å². The molecule has 1 rings (SSSR count). The van der Waals surface area contributed by atoms with Crippen LogP contribution in [0.4, 0.5) is 0 Å². The van der Waals surface area contributed by atoms with E-state index in [2.05, 4.69) is 12.2 Å². The molecule has 18 heavy (non-hydrogen) atoms. The highest BCUT2D eigenvalue weighted by atomic mass is 35.5. The summed E-state index contributed by atoms with van der Waals surface area (Å²) in [7, 11) is 1.73. The van der Waals surface area contributed by atoms with Gasteiger partial charge in [0, 0.05) is 19.8 Å². The maximum Gasteiger partial charge on any atom is 0.0624 e. The summed E-state index contributed by atoms with van der Waals surface area (Å²) in [6, 6.07) is 6.22. The zero-order valence-corrected chi connectivity index (χ0v) is 12.5. The van der Waals surface area contributed by atoms with Gasteiger partial charge in [-0.25, -0.2) is 0 Å². The molecule has 1 N–H and O–H groups in total. The third kappa shape index (κ3) is 5.15. The van der Waals surface area contributed by atoms with Crippen LogP contribution < -0.4 is 5.32 Å². The molecule has 102 valence electrons. The van der Waals surface area contributed by atoms with E-state index in [1.165, 1.54) is 0 Å². The van der Waals surface area contributed by atoms with Crippen molar-refractivity contribution < 1.29 is 4.74 Å². The van der Waals surface area contributed by atoms with E-state index >= 15 is 0 Å². The Hall–Kier alpha value is -0.280. The topological polar surface area (TPSA) is 21.3 Å². The molecule has 0 aliphatic heterocycles. The van der Waals surface area contributed by atoms with Gasteiger partial charge in [-0.05, 0) is 37.4 Å². The lowest BCUT2D eigenvalue weighted by atomic mass is 10.0. The SMILES string of the molecule is CCNC(CCCOC)Cc1cccc(Cl)c1Cl. The zero-order chi connectivity index (χ0) is 13.4. The molecule has 0 aliphatic carbocycles. The van der Waals surface area contributed by atoms with Gasteiger partial charge in [0.15, 0.2) is 0 Å². The predicted octanol–water partition coefficient (Wildman–Crippen LogP) is 3.94. The summed E-state index contributed by atoms with van der Waals surface area (Å²) in [6.07, 6.45) is 3.02. The van der Waals surface area contributed by atoms with Gasteiger partial charge in [-0.1, -0.05) is 42.3 Å². The van der Waals surface area contributed by atoms with Crippen LogP contribution in [-0.2, 0) is 11.2 Å². The summed E-state index contributed by atoms with van der Waals surface area (Å²) in [6.45, 7) is 3.86. The number of hydrogen-bond donors (Lipinski definition) is 1. The number of halogens is 2. The number of nitrogens with one attached hydrogen (secondary N) is 1. The lowest BCUT2D eigenvalue weighted by Crippen LogP contribution is -2.31. The van der Waals surface area contributed by atoms with Crippen molar-refractivity contribution in [3.8, 4) is 0 Å². The van der Waals surface area contributed by atoms with E-state index in [0.717, 1.165) is 38.0 Å². The maximum atomic E-state index is 6.21. The number of hydrogen-bond acceptors (Lipinski definition) is 2. The molecule has 0 saturated heterocycles. The quantitative estimate of drug-likeness (QED) is 0.732. The van der Waals surface area contributed by atoms with Gasteiger partial charge < -0.3 is 10.1 Å². The Bertz CT molecular complexity index is 358. The first-order chi connectivity index (χ1) is 8.69. The first kappa shape index (κ1) is 15.8. The largest absolute Gasteiger partial charge is 0.385 e. The fourth-order valence-electron chi connectivity index (χ4n) is 2.01. The van der Waals surface area contributed by atoms with Gasteiger partial charge >= 0.3 is 0 Å². The van der Waals surface area contributed by atoms with E-state index in [9.17, 15) is 0 Å². The van der Waals surface area contributed by atoms with Gasteiger partial charge in [-0.15, -0.1) is 0 Å². The molecule has 0 radical (unpaired) electrons. The fourth-order valence-corrected chi connectivity index (χ4v) is 2.41. The van der Waals surface area contributed by atoms with Crippen molar-refractivity contribution >= 4 is 23.2 Å². The first-order valence-corrected chi connectivity index (χ1v) is 7.09. The van der Waals surface area contributed by atoms with Crippen molar-refractivity contribution in [1.82, 2.24) is 5.32 Å². The van der Waals surface area contributed by atoms with Crippen molar-refractivity contribution in [3.63, 3.8) is 0 Å². The molecule has 0 heterocycles. The highest BCUT2D eigenvalue weighted by molar-refractivity contribution is 6.42. The molecule has 1 unspecified atom stereocenters. The second-order valence-corrected chi connectivity index (χ2v) is 5.09. The molecule has 0 saturated carbocycles. The predicted molar refractivity (Wildman–Crippen MR) is 78.7 cm³/mol. The van der Waals surface area contributed by atoms with Gasteiger partial charge in [-0.2, -0.15) is 0 Å². The van der Waals surface area contributed by atoms with Crippen LogP contribution >= 0.6 is 23.2 Å². The highest BCUT2D eigenvalue weighted by Gasteiger charge is 2.11. The number of likely N-dealkylation sites (N-methyl/N-ethyl adjacent to an activating group) is 1. The summed E-state index contributed by atoms with van der Waals surface area (Å²) >= 11 is 12.2. The summed E-state index contributed by atoms with van der Waals surface area (Å²) < 4.78 is 5.09. The summed E-state index contributed by atoms with van der Waals surface area (Å²) in [5, 5.41) is 4.78. The Labute approximate surface area is 120 Å². The van der Waals surface area contributed by atoms with Crippen molar-refractivity contribution in [3.05, 3.63) is 33.8 Å². The Morgan fingerprint density at radius 2 is 2.11 bits per heavy atom. The van der Waals surface area contributed by atoms with Gasteiger partial charge in [0.1, 0.15) is 0 Å². The van der Waals surface area contributed by atoms with Crippen LogP contribution in [0.15, 0.2) is 18.2 Å². The van der Waals surface area contributed by atoms with E-state index < -0.39 is 0 Å². The fraction of sp³-hybridized carbons (Fsp3) is 0.571. The van der Waals surface area contributed by atoms with Crippen LogP contribution in [0.3, 0.4) is 0 Å². The third-order valence-electron chi connectivity index (χ3n) is 2.89. The second kappa shape index (κ2) is 8.76. The lowest BCUT2D eigenvalue weighted by Gasteiger charge is -2.18. The van der Waals surface area contributed by atoms with Crippen LogP contribution in [0, 0.1) is 0 Å². The number of ether oxygens (including phenoxy) is 1. The summed E-state index contributed by atoms with van der Waals surface area (Å²) in [5.74, 6) is 0. The zero-order valence-electron chi connectivity index (χ0n) is 11.0. The van der Waals surface area contributed by atoms with Crippen molar-refractivity contribution in [2.75, 3.05) is 20.3 Å². The Morgan fingerprint density at radius 1 is 1.33 bits per heavy atom. The number of methoxy groups -OCH3 is 1. The monoisotopic (exact) mass is 289 g/mol. The third-order valence-corrected chi connectivity index (χ3v) is 3.75. The van der Waals surface area contributed by atoms with Gasteiger partial charge in [-0.3, -0.25) is 0 Å². The van der Waals surface area contributed by atoms with Crippen LogP contribution in [-0.4, -0.2) is 26.3 Å². The van der Waals surface area contributed by atoms with E-state index in [-0.39, 0.29) is 0 Å². The Balaban J connectivity index is 2.61. The second-order valence-electron chi connectivity index (χ2n) is 4.31. The molecule has 1 aromatic carbocycles. The molecule has 0 aliphatic rings. The van der Waals surface area contributed by atoms with E-state index in [0.29, 0.717) is 16.1 Å². The minimum absolute atomic E-state index is 0.418. The lowest BCUT2D eigenvalue weighted by molar-refractivity contribution is 0.188. The minimum Gasteiger partial charge on any atom is -0.385 e. The molecule has 2 nitrogen and oxygen atoms in total.